The van der Waals surface area contributed by atoms with E-state index >= 15 is 0 Å². The summed E-state index contributed by atoms with van der Waals surface area (Å²) in [7, 11) is 2.81. The van der Waals surface area contributed by atoms with Gasteiger partial charge in [0, 0.05) is 36.6 Å². The molecular formula is C29H26ClN5O4S. The Hall–Kier alpha value is -4.25. The first kappa shape index (κ1) is 27.3. The van der Waals surface area contributed by atoms with Gasteiger partial charge in [0.1, 0.15) is 12.6 Å². The maximum Gasteiger partial charge on any atom is 0.337 e. The van der Waals surface area contributed by atoms with E-state index in [1.165, 1.54) is 14.2 Å². The summed E-state index contributed by atoms with van der Waals surface area (Å²) in [6.07, 6.45) is 3.68. The Morgan fingerprint density at radius 3 is 2.62 bits per heavy atom. The molecule has 1 fully saturated rings. The molecule has 0 aliphatic carbocycles. The van der Waals surface area contributed by atoms with Crippen molar-refractivity contribution in [2.45, 2.75) is 12.1 Å². The minimum atomic E-state index is -0.417. The molecule has 4 aromatic rings. The maximum atomic E-state index is 12.2. The van der Waals surface area contributed by atoms with E-state index in [2.05, 4.69) is 15.6 Å². The highest BCUT2D eigenvalue weighted by Crippen LogP contribution is 2.43. The van der Waals surface area contributed by atoms with Crippen LogP contribution in [-0.2, 0) is 14.3 Å². The molecule has 0 radical (unpaired) electrons. The van der Waals surface area contributed by atoms with E-state index in [-0.39, 0.29) is 24.6 Å². The second-order valence-corrected chi connectivity index (χ2v) is 9.78. The summed E-state index contributed by atoms with van der Waals surface area (Å²) in [5, 5.41) is 7.03. The van der Waals surface area contributed by atoms with Crippen molar-refractivity contribution in [1.29, 1.82) is 0 Å². The highest BCUT2D eigenvalue weighted by molar-refractivity contribution is 7.80. The van der Waals surface area contributed by atoms with Gasteiger partial charge >= 0.3 is 5.97 Å². The fourth-order valence-corrected chi connectivity index (χ4v) is 5.34. The number of rotatable bonds is 8. The van der Waals surface area contributed by atoms with E-state index < -0.39 is 5.97 Å². The molecule has 2 N–H and O–H groups in total. The molecule has 1 saturated heterocycles. The summed E-state index contributed by atoms with van der Waals surface area (Å²) in [6.45, 7) is -0.0831. The lowest BCUT2D eigenvalue weighted by Crippen LogP contribution is -2.30. The second-order valence-electron chi connectivity index (χ2n) is 8.99. The van der Waals surface area contributed by atoms with Crippen molar-refractivity contribution in [1.82, 2.24) is 14.9 Å². The summed E-state index contributed by atoms with van der Waals surface area (Å²) in [6, 6.07) is 21.6. The van der Waals surface area contributed by atoms with Crippen LogP contribution in [0.15, 0.2) is 85.2 Å². The number of methoxy groups -OCH3 is 2. The fraction of sp³-hybridized carbons (Fsp3) is 0.172. The van der Waals surface area contributed by atoms with Crippen LogP contribution in [0.2, 0.25) is 5.02 Å². The van der Waals surface area contributed by atoms with Crippen LogP contribution in [-0.4, -0.2) is 47.4 Å². The van der Waals surface area contributed by atoms with Crippen molar-refractivity contribution in [3.8, 4) is 5.69 Å². The molecule has 1 amide bonds. The zero-order chi connectivity index (χ0) is 28.2. The summed E-state index contributed by atoms with van der Waals surface area (Å²) in [4.78, 5) is 30.9. The van der Waals surface area contributed by atoms with Crippen LogP contribution in [0, 0.1) is 0 Å². The molecule has 2 aromatic heterocycles. The number of benzene rings is 2. The molecule has 204 valence electrons. The van der Waals surface area contributed by atoms with Gasteiger partial charge in [0.15, 0.2) is 5.11 Å². The van der Waals surface area contributed by atoms with Gasteiger partial charge in [0.2, 0.25) is 5.91 Å². The van der Waals surface area contributed by atoms with E-state index in [0.717, 1.165) is 22.8 Å². The molecule has 2 atom stereocenters. The molecular weight excluding hydrogens is 550 g/mol. The molecule has 5 rings (SSSR count). The highest BCUT2D eigenvalue weighted by Gasteiger charge is 2.42. The molecule has 0 saturated carbocycles. The van der Waals surface area contributed by atoms with E-state index in [9.17, 15) is 9.59 Å². The molecule has 2 unspecified atom stereocenters. The van der Waals surface area contributed by atoms with Crippen LogP contribution in [0.25, 0.3) is 5.69 Å². The molecule has 0 spiro atoms. The molecule has 1 aliphatic rings. The number of halogens is 1. The molecule has 3 heterocycles. The number of nitrogens with one attached hydrogen (secondary N) is 2. The number of pyridine rings is 1. The highest BCUT2D eigenvalue weighted by atomic mass is 35.5. The number of aromatic nitrogens is 2. The van der Waals surface area contributed by atoms with Gasteiger partial charge in [0.05, 0.1) is 35.1 Å². The van der Waals surface area contributed by atoms with Crippen molar-refractivity contribution in [3.63, 3.8) is 0 Å². The lowest BCUT2D eigenvalue weighted by molar-refractivity contribution is -0.119. The van der Waals surface area contributed by atoms with Crippen LogP contribution >= 0.6 is 23.8 Å². The van der Waals surface area contributed by atoms with Crippen LogP contribution < -0.4 is 15.5 Å². The predicted octanol–water partition coefficient (Wildman–Crippen LogP) is 5.07. The van der Waals surface area contributed by atoms with Crippen LogP contribution in [0.3, 0.4) is 0 Å². The van der Waals surface area contributed by atoms with Crippen molar-refractivity contribution >= 4 is 52.2 Å². The Kier molecular flexibility index (Phi) is 8.11. The average Bonchev–Trinajstić information content (AvgIpc) is 3.58. The number of nitrogens with zero attached hydrogens (tertiary/aromatic N) is 3. The zero-order valence-corrected chi connectivity index (χ0v) is 23.3. The lowest BCUT2D eigenvalue weighted by atomic mass is 10.0. The first-order valence-electron chi connectivity index (χ1n) is 12.4. The number of hydrogen-bond donors (Lipinski definition) is 2. The Balaban J connectivity index is 1.59. The number of carbonyl (C=O) groups excluding carboxylic acids is 2. The summed E-state index contributed by atoms with van der Waals surface area (Å²) in [5.74, 6) is -0.727. The standard InChI is InChI=1S/C29H26ClN5O4S/c1-38-17-25(36)32-22-12-11-20(16-21(22)30)35-27(26(33-29(35)40)23-9-3-4-13-31-23)24-10-6-14-34(24)19-8-5-7-18(15-19)28(37)39-2/h3-16,26-27H,17H2,1-2H3,(H,32,36)(H,33,40). The smallest absolute Gasteiger partial charge is 0.337 e. The van der Waals surface area contributed by atoms with Crippen LogP contribution in [0.1, 0.15) is 33.8 Å². The van der Waals surface area contributed by atoms with E-state index in [4.69, 9.17) is 33.3 Å². The van der Waals surface area contributed by atoms with Crippen molar-refractivity contribution in [2.24, 2.45) is 0 Å². The Bertz CT molecular complexity index is 1560. The van der Waals surface area contributed by atoms with Gasteiger partial charge in [-0.3, -0.25) is 9.78 Å². The van der Waals surface area contributed by atoms with Crippen molar-refractivity contribution in [2.75, 3.05) is 31.0 Å². The van der Waals surface area contributed by atoms with Gasteiger partial charge in [0.25, 0.3) is 0 Å². The quantitative estimate of drug-likeness (QED) is 0.222. The number of carbonyl (C=O) groups is 2. The molecule has 0 bridgehead atoms. The second kappa shape index (κ2) is 11.9. The zero-order valence-electron chi connectivity index (χ0n) is 21.7. The minimum Gasteiger partial charge on any atom is -0.465 e. The van der Waals surface area contributed by atoms with Crippen molar-refractivity contribution in [3.05, 3.63) is 107 Å². The van der Waals surface area contributed by atoms with Gasteiger partial charge in [-0.05, 0) is 72.9 Å². The molecule has 2 aromatic carbocycles. The number of anilines is 2. The molecule has 9 nitrogen and oxygen atoms in total. The number of amides is 1. The maximum absolute atomic E-state index is 12.2. The molecule has 1 aliphatic heterocycles. The number of esters is 1. The summed E-state index contributed by atoms with van der Waals surface area (Å²) < 4.78 is 11.8. The topological polar surface area (TPSA) is 97.7 Å². The van der Waals surface area contributed by atoms with Gasteiger partial charge < -0.3 is 29.6 Å². The monoisotopic (exact) mass is 575 g/mol. The van der Waals surface area contributed by atoms with E-state index in [1.807, 2.05) is 64.2 Å². The number of thiocarbonyl (C=S) groups is 1. The Labute approximate surface area is 241 Å². The largest absolute Gasteiger partial charge is 0.465 e. The SMILES string of the molecule is COCC(=O)Nc1ccc(N2C(=S)NC(c3ccccn3)C2c2cccn2-c2cccc(C(=O)OC)c2)cc1Cl. The number of hydrogen-bond acceptors (Lipinski definition) is 6. The van der Waals surface area contributed by atoms with Gasteiger partial charge in [-0.15, -0.1) is 0 Å². The predicted molar refractivity (Wildman–Crippen MR) is 157 cm³/mol. The number of ether oxygens (including phenoxy) is 2. The molecule has 40 heavy (non-hydrogen) atoms. The van der Waals surface area contributed by atoms with Gasteiger partial charge in [-0.1, -0.05) is 23.7 Å². The van der Waals surface area contributed by atoms with E-state index in [0.29, 0.717) is 21.4 Å². The summed E-state index contributed by atoms with van der Waals surface area (Å²) >= 11 is 12.5. The summed E-state index contributed by atoms with van der Waals surface area (Å²) in [5.41, 5.74) is 4.13. The van der Waals surface area contributed by atoms with Crippen LogP contribution in [0.5, 0.6) is 0 Å². The van der Waals surface area contributed by atoms with E-state index in [1.54, 1.807) is 30.5 Å². The third kappa shape index (κ3) is 5.42. The first-order valence-corrected chi connectivity index (χ1v) is 13.1. The van der Waals surface area contributed by atoms with Gasteiger partial charge in [-0.25, -0.2) is 4.79 Å². The average molecular weight is 576 g/mol. The van der Waals surface area contributed by atoms with Crippen molar-refractivity contribution < 1.29 is 19.1 Å². The minimum absolute atomic E-state index is 0.0831. The third-order valence-electron chi connectivity index (χ3n) is 6.51. The van der Waals surface area contributed by atoms with Crippen LogP contribution in [0.4, 0.5) is 11.4 Å². The Morgan fingerprint density at radius 2 is 1.90 bits per heavy atom. The Morgan fingerprint density at radius 1 is 1.05 bits per heavy atom. The van der Waals surface area contributed by atoms with Gasteiger partial charge in [-0.2, -0.15) is 0 Å². The first-order chi connectivity index (χ1) is 19.4. The fourth-order valence-electron chi connectivity index (χ4n) is 4.78. The normalized spacial score (nSPS) is 16.5. The third-order valence-corrected chi connectivity index (χ3v) is 7.13. The molecule has 11 heteroatoms. The lowest BCUT2D eigenvalue weighted by Gasteiger charge is -2.29.